The molecule has 0 radical (unpaired) electrons. The number of aromatic nitrogens is 3. The van der Waals surface area contributed by atoms with Crippen LogP contribution in [0.3, 0.4) is 0 Å². The summed E-state index contributed by atoms with van der Waals surface area (Å²) in [6, 6.07) is 48.2. The second kappa shape index (κ2) is 8.69. The lowest BCUT2D eigenvalue weighted by molar-refractivity contribution is 1.08. The lowest BCUT2D eigenvalue weighted by Gasteiger charge is -2.12. The van der Waals surface area contributed by atoms with Gasteiger partial charge < -0.3 is 4.57 Å². The Kier molecular flexibility index (Phi) is 4.85. The number of hydrogen-bond acceptors (Lipinski definition) is 2. The minimum absolute atomic E-state index is 0.596. The van der Waals surface area contributed by atoms with E-state index in [4.69, 9.17) is 4.98 Å². The first-order chi connectivity index (χ1) is 19.8. The summed E-state index contributed by atoms with van der Waals surface area (Å²) < 4.78 is 4.46. The van der Waals surface area contributed by atoms with E-state index in [1.807, 2.05) is 30.3 Å². The quantitative estimate of drug-likeness (QED) is 0.238. The molecule has 0 amide bonds. The van der Waals surface area contributed by atoms with Crippen molar-refractivity contribution in [3.63, 3.8) is 0 Å². The summed E-state index contributed by atoms with van der Waals surface area (Å²) in [5, 5.41) is 14.8. The summed E-state index contributed by atoms with van der Waals surface area (Å²) >= 11 is 0. The fraction of sp³-hybridized carbons (Fsp3) is 0. The van der Waals surface area contributed by atoms with Crippen LogP contribution in [0.25, 0.3) is 66.4 Å². The highest BCUT2D eigenvalue weighted by molar-refractivity contribution is 6.10. The average molecular weight is 511 g/mol. The summed E-state index contributed by atoms with van der Waals surface area (Å²) in [7, 11) is 0. The molecule has 0 unspecified atom stereocenters. The maximum Gasteiger partial charge on any atom is 0.138 e. The van der Waals surface area contributed by atoms with Crippen molar-refractivity contribution in [1.82, 2.24) is 14.1 Å². The Morgan fingerprint density at radius 1 is 0.500 bits per heavy atom. The second-order valence-electron chi connectivity index (χ2n) is 10.0. The monoisotopic (exact) mass is 510 g/mol. The fourth-order valence-electron chi connectivity index (χ4n) is 6.03. The van der Waals surface area contributed by atoms with Gasteiger partial charge in [-0.1, -0.05) is 78.9 Å². The van der Waals surface area contributed by atoms with E-state index in [1.165, 1.54) is 21.5 Å². The van der Waals surface area contributed by atoms with Gasteiger partial charge in [-0.05, 0) is 54.6 Å². The number of para-hydroxylation sites is 4. The van der Waals surface area contributed by atoms with E-state index in [1.54, 1.807) is 0 Å². The highest BCUT2D eigenvalue weighted by Crippen LogP contribution is 2.35. The molecule has 0 aliphatic rings. The smallest absolute Gasteiger partial charge is 0.138 e. The zero-order chi connectivity index (χ0) is 26.6. The third kappa shape index (κ3) is 3.28. The number of nitriles is 1. The molecule has 0 fully saturated rings. The van der Waals surface area contributed by atoms with Crippen molar-refractivity contribution in [2.24, 2.45) is 0 Å². The van der Waals surface area contributed by atoms with Crippen LogP contribution in [0.1, 0.15) is 5.56 Å². The molecule has 0 aliphatic carbocycles. The Morgan fingerprint density at radius 3 is 1.52 bits per heavy atom. The first-order valence-corrected chi connectivity index (χ1v) is 13.3. The van der Waals surface area contributed by atoms with Crippen LogP contribution >= 0.6 is 0 Å². The van der Waals surface area contributed by atoms with Crippen LogP contribution in [0.4, 0.5) is 0 Å². The highest BCUT2D eigenvalue weighted by Gasteiger charge is 2.16. The molecule has 0 atom stereocenters. The van der Waals surface area contributed by atoms with Gasteiger partial charge in [0.2, 0.25) is 0 Å². The lowest BCUT2D eigenvalue weighted by atomic mass is 10.1. The maximum absolute atomic E-state index is 10.0. The maximum atomic E-state index is 10.0. The van der Waals surface area contributed by atoms with Crippen LogP contribution in [-0.4, -0.2) is 14.1 Å². The zero-order valence-corrected chi connectivity index (χ0v) is 21.5. The fourth-order valence-corrected chi connectivity index (χ4v) is 6.03. The van der Waals surface area contributed by atoms with Crippen LogP contribution < -0.4 is 0 Å². The van der Waals surface area contributed by atoms with E-state index in [9.17, 15) is 5.26 Å². The van der Waals surface area contributed by atoms with Crippen molar-refractivity contribution in [2.75, 3.05) is 0 Å². The summed E-state index contributed by atoms with van der Waals surface area (Å²) in [5.74, 6) is 0.843. The first-order valence-electron chi connectivity index (χ1n) is 13.3. The van der Waals surface area contributed by atoms with Gasteiger partial charge in [-0.3, -0.25) is 4.57 Å². The number of benzene rings is 5. The molecule has 186 valence electrons. The molecule has 0 spiro atoms. The molecule has 8 aromatic rings. The van der Waals surface area contributed by atoms with Gasteiger partial charge in [0.25, 0.3) is 0 Å². The second-order valence-corrected chi connectivity index (χ2v) is 10.0. The summed E-state index contributed by atoms with van der Waals surface area (Å²) in [4.78, 5) is 5.15. The Balaban J connectivity index is 1.36. The standard InChI is InChI=1S/C36H22N4/c37-23-24-20-25(22-26(21-24)39-32-15-5-1-10-27(32)28-11-2-6-16-33(28)39)31-14-9-19-36(38-31)40-34-17-7-3-12-29(34)30-13-4-8-18-35(30)40/h1-22H. The van der Waals surface area contributed by atoms with Crippen LogP contribution in [-0.2, 0) is 0 Å². The molecule has 4 heteroatoms. The third-order valence-electron chi connectivity index (χ3n) is 7.72. The molecule has 8 rings (SSSR count). The van der Waals surface area contributed by atoms with Crippen molar-refractivity contribution in [3.8, 4) is 28.8 Å². The summed E-state index contributed by atoms with van der Waals surface area (Å²) in [6.07, 6.45) is 0. The van der Waals surface area contributed by atoms with Crippen LogP contribution in [0.5, 0.6) is 0 Å². The highest BCUT2D eigenvalue weighted by atomic mass is 15.1. The third-order valence-corrected chi connectivity index (χ3v) is 7.72. The van der Waals surface area contributed by atoms with Gasteiger partial charge in [0.05, 0.1) is 39.4 Å². The van der Waals surface area contributed by atoms with E-state index >= 15 is 0 Å². The largest absolute Gasteiger partial charge is 0.309 e. The molecule has 3 heterocycles. The van der Waals surface area contributed by atoms with Gasteiger partial charge in [0, 0.05) is 32.8 Å². The normalized spacial score (nSPS) is 11.5. The predicted molar refractivity (Wildman–Crippen MR) is 163 cm³/mol. The minimum atomic E-state index is 0.596. The van der Waals surface area contributed by atoms with Gasteiger partial charge in [0.1, 0.15) is 5.82 Å². The SMILES string of the molecule is N#Cc1cc(-c2cccc(-n3c4ccccc4c4ccccc43)n2)cc(-n2c3ccccc3c3ccccc32)c1. The minimum Gasteiger partial charge on any atom is -0.309 e. The Morgan fingerprint density at radius 2 is 1.00 bits per heavy atom. The zero-order valence-electron chi connectivity index (χ0n) is 21.5. The van der Waals surface area contributed by atoms with E-state index in [-0.39, 0.29) is 0 Å². The molecule has 0 N–H and O–H groups in total. The van der Waals surface area contributed by atoms with Gasteiger partial charge in [-0.15, -0.1) is 0 Å². The Hall–Kier alpha value is -5.66. The number of nitrogens with zero attached hydrogens (tertiary/aromatic N) is 4. The lowest BCUT2D eigenvalue weighted by Crippen LogP contribution is -2.00. The molecule has 0 saturated carbocycles. The molecule has 0 bridgehead atoms. The Bertz CT molecular complexity index is 2190. The van der Waals surface area contributed by atoms with Crippen molar-refractivity contribution in [2.45, 2.75) is 0 Å². The number of pyridine rings is 1. The van der Waals surface area contributed by atoms with Crippen LogP contribution in [0.15, 0.2) is 133 Å². The molecular weight excluding hydrogens is 488 g/mol. The summed E-state index contributed by atoms with van der Waals surface area (Å²) in [6.45, 7) is 0. The van der Waals surface area contributed by atoms with Crippen LogP contribution in [0.2, 0.25) is 0 Å². The molecular formula is C36H22N4. The van der Waals surface area contributed by atoms with E-state index < -0.39 is 0 Å². The van der Waals surface area contributed by atoms with E-state index in [2.05, 4.69) is 118 Å². The van der Waals surface area contributed by atoms with E-state index in [0.29, 0.717) is 5.56 Å². The predicted octanol–water partition coefficient (Wildman–Crippen LogP) is 8.81. The van der Waals surface area contributed by atoms with E-state index in [0.717, 1.165) is 44.8 Å². The average Bonchev–Trinajstić information content (AvgIpc) is 3.54. The van der Waals surface area contributed by atoms with Crippen molar-refractivity contribution in [3.05, 3.63) is 139 Å². The molecule has 40 heavy (non-hydrogen) atoms. The number of hydrogen-bond donors (Lipinski definition) is 0. The molecule has 4 nitrogen and oxygen atoms in total. The van der Waals surface area contributed by atoms with Crippen molar-refractivity contribution in [1.29, 1.82) is 5.26 Å². The molecule has 5 aromatic carbocycles. The van der Waals surface area contributed by atoms with Crippen molar-refractivity contribution >= 4 is 43.6 Å². The van der Waals surface area contributed by atoms with Gasteiger partial charge in [-0.2, -0.15) is 5.26 Å². The van der Waals surface area contributed by atoms with Crippen LogP contribution in [0, 0.1) is 11.3 Å². The van der Waals surface area contributed by atoms with Gasteiger partial charge in [0.15, 0.2) is 0 Å². The molecule has 0 aliphatic heterocycles. The Labute approximate surface area is 230 Å². The topological polar surface area (TPSA) is 46.5 Å². The molecule has 3 aromatic heterocycles. The van der Waals surface area contributed by atoms with Crippen molar-refractivity contribution < 1.29 is 0 Å². The van der Waals surface area contributed by atoms with Gasteiger partial charge in [-0.25, -0.2) is 4.98 Å². The molecule has 0 saturated heterocycles. The van der Waals surface area contributed by atoms with Gasteiger partial charge >= 0.3 is 0 Å². The number of rotatable bonds is 3. The first kappa shape index (κ1) is 22.3. The summed E-state index contributed by atoms with van der Waals surface area (Å²) in [5.41, 5.74) is 7.70. The number of fused-ring (bicyclic) bond motifs is 6.